The highest BCUT2D eigenvalue weighted by atomic mass is 32.2. The van der Waals surface area contributed by atoms with E-state index in [0.29, 0.717) is 11.3 Å². The molecule has 6 heteroatoms. The minimum absolute atomic E-state index is 0.0271. The van der Waals surface area contributed by atoms with Crippen LogP contribution in [0.2, 0.25) is 0 Å². The molecule has 4 nitrogen and oxygen atoms in total. The van der Waals surface area contributed by atoms with Crippen LogP contribution in [0.1, 0.15) is 17.5 Å². The van der Waals surface area contributed by atoms with Crippen LogP contribution in [0.4, 0.5) is 5.69 Å². The van der Waals surface area contributed by atoms with Crippen LogP contribution in [-0.4, -0.2) is 26.0 Å². The van der Waals surface area contributed by atoms with Crippen LogP contribution in [0, 0.1) is 13.8 Å². The Morgan fingerprint density at radius 3 is 2.61 bits per heavy atom. The Kier molecular flexibility index (Phi) is 3.89. The van der Waals surface area contributed by atoms with Gasteiger partial charge in [-0.15, -0.1) is 0 Å². The zero-order valence-corrected chi connectivity index (χ0v) is 12.2. The molecular weight excluding hydrogens is 268 g/mol. The molecule has 1 atom stereocenters. The molecule has 100 valence electrons. The van der Waals surface area contributed by atoms with E-state index >= 15 is 0 Å². The van der Waals surface area contributed by atoms with Crippen molar-refractivity contribution in [3.05, 3.63) is 23.3 Å². The Balaban J connectivity index is 2.37. The lowest BCUT2D eigenvalue weighted by atomic mass is 10.1. The number of nitrogens with two attached hydrogens (primary N) is 1. The molecular formula is C12H18N2O2S2. The monoisotopic (exact) mass is 286 g/mol. The third-order valence-electron chi connectivity index (χ3n) is 3.13. The van der Waals surface area contributed by atoms with Gasteiger partial charge in [0, 0.05) is 11.8 Å². The van der Waals surface area contributed by atoms with Crippen LogP contribution in [0.15, 0.2) is 17.0 Å². The number of thioether (sulfide) groups is 1. The molecule has 1 heterocycles. The van der Waals surface area contributed by atoms with Crippen LogP contribution < -0.4 is 10.5 Å². The van der Waals surface area contributed by atoms with Crippen LogP contribution >= 0.6 is 11.8 Å². The smallest absolute Gasteiger partial charge is 0.243 e. The lowest BCUT2D eigenvalue weighted by molar-refractivity contribution is 0.563. The molecule has 1 aromatic rings. The maximum Gasteiger partial charge on any atom is 0.243 e. The topological polar surface area (TPSA) is 72.2 Å². The van der Waals surface area contributed by atoms with Gasteiger partial charge < -0.3 is 5.73 Å². The highest BCUT2D eigenvalue weighted by Gasteiger charge is 2.26. The van der Waals surface area contributed by atoms with Gasteiger partial charge in [0.15, 0.2) is 0 Å². The normalized spacial score (nSPS) is 20.2. The van der Waals surface area contributed by atoms with Crippen molar-refractivity contribution in [2.45, 2.75) is 31.2 Å². The van der Waals surface area contributed by atoms with Gasteiger partial charge in [-0.1, -0.05) is 12.1 Å². The Morgan fingerprint density at radius 2 is 2.00 bits per heavy atom. The molecule has 1 fully saturated rings. The van der Waals surface area contributed by atoms with Gasteiger partial charge in [0.1, 0.15) is 4.90 Å². The maximum atomic E-state index is 12.4. The van der Waals surface area contributed by atoms with Gasteiger partial charge in [-0.2, -0.15) is 11.8 Å². The van der Waals surface area contributed by atoms with Gasteiger partial charge >= 0.3 is 0 Å². The Morgan fingerprint density at radius 1 is 1.33 bits per heavy atom. The third-order valence-corrected chi connectivity index (χ3v) is 6.02. The van der Waals surface area contributed by atoms with Crippen molar-refractivity contribution in [3.63, 3.8) is 0 Å². The number of anilines is 1. The molecule has 0 bridgehead atoms. The summed E-state index contributed by atoms with van der Waals surface area (Å²) in [7, 11) is -3.52. The van der Waals surface area contributed by atoms with Gasteiger partial charge in [0.25, 0.3) is 0 Å². The molecule has 0 spiro atoms. The maximum absolute atomic E-state index is 12.4. The average Bonchev–Trinajstić information content (AvgIpc) is 2.75. The standard InChI is InChI=1S/C12H18N2O2S2/c1-8-3-4-9(2)12(11(8)13)18(15,16)14-10-5-6-17-7-10/h3-4,10,14H,5-7,13H2,1-2H3. The summed E-state index contributed by atoms with van der Waals surface area (Å²) in [6.07, 6.45) is 0.884. The molecule has 0 amide bonds. The summed E-state index contributed by atoms with van der Waals surface area (Å²) < 4.78 is 27.5. The van der Waals surface area contributed by atoms with E-state index in [-0.39, 0.29) is 10.9 Å². The first kappa shape index (κ1) is 13.7. The number of nitrogens with one attached hydrogen (secondary N) is 1. The van der Waals surface area contributed by atoms with E-state index in [9.17, 15) is 8.42 Å². The van der Waals surface area contributed by atoms with Crippen LogP contribution in [0.3, 0.4) is 0 Å². The van der Waals surface area contributed by atoms with Crippen molar-refractivity contribution < 1.29 is 8.42 Å². The highest BCUT2D eigenvalue weighted by Crippen LogP contribution is 2.27. The second kappa shape index (κ2) is 5.11. The summed E-state index contributed by atoms with van der Waals surface area (Å²) in [6, 6.07) is 3.66. The minimum Gasteiger partial charge on any atom is -0.397 e. The summed E-state index contributed by atoms with van der Waals surface area (Å²) in [5.74, 6) is 1.85. The van der Waals surface area contributed by atoms with Crippen LogP contribution in [0.25, 0.3) is 0 Å². The summed E-state index contributed by atoms with van der Waals surface area (Å²) >= 11 is 1.77. The second-order valence-corrected chi connectivity index (χ2v) is 7.42. The fraction of sp³-hybridized carbons (Fsp3) is 0.500. The first-order chi connectivity index (χ1) is 8.42. The third kappa shape index (κ3) is 2.65. The number of nitrogen functional groups attached to an aromatic ring is 1. The second-order valence-electron chi connectivity index (χ2n) is 4.62. The first-order valence-electron chi connectivity index (χ1n) is 5.87. The minimum atomic E-state index is -3.52. The van der Waals surface area contributed by atoms with Crippen LogP contribution in [0.5, 0.6) is 0 Å². The molecule has 1 saturated heterocycles. The van der Waals surface area contributed by atoms with Crippen molar-refractivity contribution in [3.8, 4) is 0 Å². The molecule has 0 saturated carbocycles. The number of hydrogen-bond donors (Lipinski definition) is 2. The van der Waals surface area contributed by atoms with E-state index in [4.69, 9.17) is 5.73 Å². The molecule has 3 N–H and O–H groups in total. The van der Waals surface area contributed by atoms with Crippen molar-refractivity contribution >= 4 is 27.5 Å². The zero-order chi connectivity index (χ0) is 13.3. The number of benzene rings is 1. The quantitative estimate of drug-likeness (QED) is 0.829. The highest BCUT2D eigenvalue weighted by molar-refractivity contribution is 7.99. The summed E-state index contributed by atoms with van der Waals surface area (Å²) in [5, 5.41) is 0. The Bertz CT molecular complexity index is 549. The van der Waals surface area contributed by atoms with E-state index in [1.165, 1.54) is 0 Å². The summed E-state index contributed by atoms with van der Waals surface area (Å²) in [5.41, 5.74) is 7.76. The SMILES string of the molecule is Cc1ccc(C)c(S(=O)(=O)NC2CCSC2)c1N. The van der Waals surface area contributed by atoms with Crippen molar-refractivity contribution in [1.29, 1.82) is 0 Å². The van der Waals surface area contributed by atoms with Gasteiger partial charge in [-0.25, -0.2) is 13.1 Å². The van der Waals surface area contributed by atoms with E-state index in [0.717, 1.165) is 23.5 Å². The molecule has 1 aliphatic heterocycles. The lowest BCUT2D eigenvalue weighted by Crippen LogP contribution is -2.35. The molecule has 0 radical (unpaired) electrons. The summed E-state index contributed by atoms with van der Waals surface area (Å²) in [6.45, 7) is 3.59. The Hall–Kier alpha value is -0.720. The number of aryl methyl sites for hydroxylation is 2. The summed E-state index contributed by atoms with van der Waals surface area (Å²) in [4.78, 5) is 0.236. The van der Waals surface area contributed by atoms with Gasteiger partial charge in [-0.05, 0) is 37.1 Å². The fourth-order valence-corrected chi connectivity index (χ4v) is 5.03. The largest absolute Gasteiger partial charge is 0.397 e. The van der Waals surface area contributed by atoms with E-state index in [1.807, 2.05) is 13.0 Å². The van der Waals surface area contributed by atoms with Crippen LogP contribution in [-0.2, 0) is 10.0 Å². The van der Waals surface area contributed by atoms with Crippen molar-refractivity contribution in [2.75, 3.05) is 17.2 Å². The molecule has 1 unspecified atom stereocenters. The van der Waals surface area contributed by atoms with Crippen molar-refractivity contribution in [1.82, 2.24) is 4.72 Å². The average molecular weight is 286 g/mol. The van der Waals surface area contributed by atoms with E-state index in [1.54, 1.807) is 24.8 Å². The Labute approximate surface area is 112 Å². The van der Waals surface area contributed by atoms with Gasteiger partial charge in [0.05, 0.1) is 5.69 Å². The van der Waals surface area contributed by atoms with Gasteiger partial charge in [0.2, 0.25) is 10.0 Å². The fourth-order valence-electron chi connectivity index (χ4n) is 2.07. The molecule has 2 rings (SSSR count). The predicted molar refractivity (Wildman–Crippen MR) is 76.4 cm³/mol. The van der Waals surface area contributed by atoms with Gasteiger partial charge in [-0.3, -0.25) is 0 Å². The first-order valence-corrected chi connectivity index (χ1v) is 8.51. The molecule has 1 aliphatic rings. The molecule has 1 aromatic carbocycles. The van der Waals surface area contributed by atoms with E-state index in [2.05, 4.69) is 4.72 Å². The number of hydrogen-bond acceptors (Lipinski definition) is 4. The lowest BCUT2D eigenvalue weighted by Gasteiger charge is -2.16. The zero-order valence-electron chi connectivity index (χ0n) is 10.6. The molecule has 0 aromatic heterocycles. The number of sulfonamides is 1. The van der Waals surface area contributed by atoms with E-state index < -0.39 is 10.0 Å². The predicted octanol–water partition coefficient (Wildman–Crippen LogP) is 1.67. The molecule has 18 heavy (non-hydrogen) atoms. The molecule has 0 aliphatic carbocycles. The number of rotatable bonds is 3. The van der Waals surface area contributed by atoms with Crippen molar-refractivity contribution in [2.24, 2.45) is 0 Å².